The molecule has 90 valence electrons. The number of likely N-dealkylation sites (tertiary alicyclic amines) is 1. The van der Waals surface area contributed by atoms with E-state index in [2.05, 4.69) is 29.1 Å². The first-order valence-corrected chi connectivity index (χ1v) is 6.79. The number of thiazole rings is 1. The third kappa shape index (κ3) is 2.44. The molecular formula is C12H20N2OS. The molecule has 1 N–H and O–H groups in total. The van der Waals surface area contributed by atoms with E-state index in [4.69, 9.17) is 0 Å². The maximum atomic E-state index is 9.90. The van der Waals surface area contributed by atoms with Gasteiger partial charge in [-0.05, 0) is 6.42 Å². The zero-order valence-corrected chi connectivity index (χ0v) is 11.0. The van der Waals surface area contributed by atoms with Crippen LogP contribution in [0.15, 0.2) is 5.38 Å². The fourth-order valence-electron chi connectivity index (χ4n) is 2.01. The molecule has 0 spiro atoms. The Labute approximate surface area is 101 Å². The van der Waals surface area contributed by atoms with Crippen LogP contribution in [0.2, 0.25) is 0 Å². The molecule has 1 fully saturated rings. The highest BCUT2D eigenvalue weighted by atomic mass is 32.1. The Balaban J connectivity index is 1.87. The molecule has 0 aliphatic carbocycles. The number of rotatable bonds is 4. The Hall–Kier alpha value is -0.450. The van der Waals surface area contributed by atoms with Crippen molar-refractivity contribution >= 4 is 11.3 Å². The van der Waals surface area contributed by atoms with Crippen LogP contribution in [-0.2, 0) is 6.54 Å². The minimum atomic E-state index is -0.434. The van der Waals surface area contributed by atoms with Crippen LogP contribution in [0.5, 0.6) is 0 Å². The van der Waals surface area contributed by atoms with Crippen molar-refractivity contribution < 1.29 is 5.11 Å². The van der Waals surface area contributed by atoms with E-state index in [1.54, 1.807) is 11.3 Å². The quantitative estimate of drug-likeness (QED) is 0.876. The molecule has 2 heterocycles. The Morgan fingerprint density at radius 1 is 1.56 bits per heavy atom. The lowest BCUT2D eigenvalue weighted by Crippen LogP contribution is -2.60. The fraction of sp³-hybridized carbons (Fsp3) is 0.750. The van der Waals surface area contributed by atoms with Crippen LogP contribution in [-0.4, -0.2) is 33.7 Å². The second-order valence-corrected chi connectivity index (χ2v) is 5.94. The van der Waals surface area contributed by atoms with Crippen LogP contribution >= 0.6 is 11.3 Å². The summed E-state index contributed by atoms with van der Waals surface area (Å²) in [6.07, 6.45) is 0.845. The predicted octanol–water partition coefficient (Wildman–Crippen LogP) is 2.22. The minimum Gasteiger partial charge on any atom is -0.387 e. The van der Waals surface area contributed by atoms with Crippen LogP contribution < -0.4 is 0 Å². The average Bonchev–Trinajstić information content (AvgIpc) is 2.63. The third-order valence-corrected chi connectivity index (χ3v) is 4.34. The maximum absolute atomic E-state index is 9.90. The predicted molar refractivity (Wildman–Crippen MR) is 66.7 cm³/mol. The minimum absolute atomic E-state index is 0.434. The highest BCUT2D eigenvalue weighted by Crippen LogP contribution is 2.27. The molecule has 0 aromatic carbocycles. The second-order valence-electron chi connectivity index (χ2n) is 5.05. The summed E-state index contributed by atoms with van der Waals surface area (Å²) in [5.74, 6) is 0.516. The molecule has 1 saturated heterocycles. The van der Waals surface area contributed by atoms with Crippen molar-refractivity contribution in [2.45, 2.75) is 45.3 Å². The van der Waals surface area contributed by atoms with Gasteiger partial charge in [0, 0.05) is 30.9 Å². The van der Waals surface area contributed by atoms with Crippen molar-refractivity contribution in [2.75, 3.05) is 13.1 Å². The number of aliphatic hydroxyl groups is 1. The van der Waals surface area contributed by atoms with Crippen LogP contribution in [0.1, 0.15) is 43.8 Å². The van der Waals surface area contributed by atoms with E-state index >= 15 is 0 Å². The van der Waals surface area contributed by atoms with Gasteiger partial charge in [-0.1, -0.05) is 20.8 Å². The molecule has 16 heavy (non-hydrogen) atoms. The largest absolute Gasteiger partial charge is 0.387 e. The molecular weight excluding hydrogens is 220 g/mol. The summed E-state index contributed by atoms with van der Waals surface area (Å²) in [5.41, 5.74) is 0.712. The Morgan fingerprint density at radius 3 is 2.75 bits per heavy atom. The van der Waals surface area contributed by atoms with Crippen molar-refractivity contribution in [1.29, 1.82) is 0 Å². The zero-order valence-electron chi connectivity index (χ0n) is 10.2. The van der Waals surface area contributed by atoms with Gasteiger partial charge in [-0.3, -0.25) is 4.90 Å². The van der Waals surface area contributed by atoms with Crippen molar-refractivity contribution in [3.05, 3.63) is 16.1 Å². The molecule has 0 amide bonds. The van der Waals surface area contributed by atoms with Gasteiger partial charge in [0.15, 0.2) is 0 Å². The normalized spacial score (nSPS) is 20.1. The molecule has 0 radical (unpaired) electrons. The van der Waals surface area contributed by atoms with Crippen molar-refractivity contribution in [3.8, 4) is 0 Å². The monoisotopic (exact) mass is 240 g/mol. The van der Waals surface area contributed by atoms with Gasteiger partial charge in [0.1, 0.15) is 0 Å². The van der Waals surface area contributed by atoms with Gasteiger partial charge in [-0.25, -0.2) is 4.98 Å². The van der Waals surface area contributed by atoms with Crippen LogP contribution in [0, 0.1) is 0 Å². The summed E-state index contributed by atoms with van der Waals surface area (Å²) in [4.78, 5) is 6.85. The number of aromatic nitrogens is 1. The highest BCUT2D eigenvalue weighted by molar-refractivity contribution is 7.09. The standard InChI is InChI=1S/C12H20N2OS/c1-4-12(15)7-14(8-12)5-10-6-16-11(13-10)9(2)3/h6,9,15H,4-5,7-8H2,1-3H3. The Kier molecular flexibility index (Phi) is 3.33. The molecule has 0 unspecified atom stereocenters. The molecule has 0 atom stereocenters. The molecule has 1 aromatic rings. The topological polar surface area (TPSA) is 36.4 Å². The van der Waals surface area contributed by atoms with Crippen LogP contribution in [0.3, 0.4) is 0 Å². The fourth-order valence-corrected chi connectivity index (χ4v) is 2.84. The van der Waals surface area contributed by atoms with Gasteiger partial charge in [0.05, 0.1) is 16.3 Å². The molecule has 1 aliphatic heterocycles. The maximum Gasteiger partial charge on any atom is 0.0954 e. The summed E-state index contributed by atoms with van der Waals surface area (Å²) in [6, 6.07) is 0. The first-order valence-electron chi connectivity index (χ1n) is 5.91. The molecule has 1 aliphatic rings. The van der Waals surface area contributed by atoms with Crippen LogP contribution in [0.25, 0.3) is 0 Å². The molecule has 0 bridgehead atoms. The van der Waals surface area contributed by atoms with Gasteiger partial charge in [-0.2, -0.15) is 0 Å². The number of hydrogen-bond acceptors (Lipinski definition) is 4. The molecule has 4 heteroatoms. The molecule has 2 rings (SSSR count). The van der Waals surface area contributed by atoms with E-state index in [9.17, 15) is 5.11 Å². The third-order valence-electron chi connectivity index (χ3n) is 3.14. The van der Waals surface area contributed by atoms with Gasteiger partial charge >= 0.3 is 0 Å². The van der Waals surface area contributed by atoms with Gasteiger partial charge in [0.2, 0.25) is 0 Å². The summed E-state index contributed by atoms with van der Waals surface area (Å²) in [6.45, 7) is 8.84. The SMILES string of the molecule is CCC1(O)CN(Cc2csc(C(C)C)n2)C1. The van der Waals surface area contributed by atoms with E-state index in [0.29, 0.717) is 5.92 Å². The lowest BCUT2D eigenvalue weighted by atomic mass is 9.91. The highest BCUT2D eigenvalue weighted by Gasteiger charge is 2.39. The van der Waals surface area contributed by atoms with Gasteiger partial charge in [0.25, 0.3) is 0 Å². The first-order chi connectivity index (χ1) is 7.52. The van der Waals surface area contributed by atoms with E-state index in [0.717, 1.165) is 31.7 Å². The molecule has 0 saturated carbocycles. The Bertz CT molecular complexity index is 356. The number of β-amino-alcohol motifs (C(OH)–C–C–N with tert-alkyl or cyclic N) is 1. The van der Waals surface area contributed by atoms with E-state index in [1.807, 2.05) is 6.92 Å². The zero-order chi connectivity index (χ0) is 11.8. The van der Waals surface area contributed by atoms with Crippen molar-refractivity contribution in [3.63, 3.8) is 0 Å². The summed E-state index contributed by atoms with van der Waals surface area (Å²) in [7, 11) is 0. The smallest absolute Gasteiger partial charge is 0.0954 e. The molecule has 3 nitrogen and oxygen atoms in total. The number of nitrogens with zero attached hydrogens (tertiary/aromatic N) is 2. The lowest BCUT2D eigenvalue weighted by molar-refractivity contribution is -0.103. The number of hydrogen-bond donors (Lipinski definition) is 1. The average molecular weight is 240 g/mol. The van der Waals surface area contributed by atoms with Gasteiger partial charge < -0.3 is 5.11 Å². The van der Waals surface area contributed by atoms with E-state index in [-0.39, 0.29) is 0 Å². The second kappa shape index (κ2) is 4.43. The van der Waals surface area contributed by atoms with Crippen molar-refractivity contribution in [1.82, 2.24) is 9.88 Å². The summed E-state index contributed by atoms with van der Waals surface area (Å²) >= 11 is 1.74. The Morgan fingerprint density at radius 2 is 2.25 bits per heavy atom. The lowest BCUT2D eigenvalue weighted by Gasteiger charge is -2.45. The first kappa shape index (κ1) is 12.0. The summed E-state index contributed by atoms with van der Waals surface area (Å²) in [5, 5.41) is 13.2. The summed E-state index contributed by atoms with van der Waals surface area (Å²) < 4.78 is 0. The molecule has 1 aromatic heterocycles. The van der Waals surface area contributed by atoms with Crippen LogP contribution in [0.4, 0.5) is 0 Å². The van der Waals surface area contributed by atoms with E-state index in [1.165, 1.54) is 5.01 Å². The van der Waals surface area contributed by atoms with Crippen molar-refractivity contribution in [2.24, 2.45) is 0 Å². The van der Waals surface area contributed by atoms with Gasteiger partial charge in [-0.15, -0.1) is 11.3 Å². The van der Waals surface area contributed by atoms with E-state index < -0.39 is 5.60 Å².